The topological polar surface area (TPSA) is 108 Å². The average molecular weight is 302 g/mol. The molecule has 0 atom stereocenters. The number of hydrogen-bond donors (Lipinski definition) is 2. The van der Waals surface area contributed by atoms with Crippen LogP contribution in [-0.4, -0.2) is 27.2 Å². The molecule has 0 fully saturated rings. The molecule has 7 nitrogen and oxygen atoms in total. The SMILES string of the molecule is COc1cc(NC(=O)OC(C)(C)C)ccc1S(N)(=O)=O. The van der Waals surface area contributed by atoms with Gasteiger partial charge < -0.3 is 9.47 Å². The molecule has 0 heterocycles. The van der Waals surface area contributed by atoms with Crippen molar-refractivity contribution in [3.63, 3.8) is 0 Å². The minimum absolute atomic E-state index is 0.0426. The maximum absolute atomic E-state index is 11.6. The zero-order valence-electron chi connectivity index (χ0n) is 11.8. The molecule has 0 aliphatic rings. The minimum Gasteiger partial charge on any atom is -0.495 e. The van der Waals surface area contributed by atoms with Crippen LogP contribution in [0.5, 0.6) is 5.75 Å². The highest BCUT2D eigenvalue weighted by Crippen LogP contribution is 2.26. The molecule has 0 aliphatic heterocycles. The smallest absolute Gasteiger partial charge is 0.412 e. The van der Waals surface area contributed by atoms with Crippen molar-refractivity contribution in [3.05, 3.63) is 18.2 Å². The lowest BCUT2D eigenvalue weighted by molar-refractivity contribution is 0.0636. The van der Waals surface area contributed by atoms with Crippen LogP contribution in [0.1, 0.15) is 20.8 Å². The van der Waals surface area contributed by atoms with Crippen LogP contribution in [0.3, 0.4) is 0 Å². The van der Waals surface area contributed by atoms with Crippen molar-refractivity contribution < 1.29 is 22.7 Å². The first-order valence-corrected chi connectivity index (χ1v) is 7.28. The first-order chi connectivity index (χ1) is 9.03. The van der Waals surface area contributed by atoms with E-state index in [1.165, 1.54) is 25.3 Å². The molecule has 1 aromatic carbocycles. The third kappa shape index (κ3) is 4.71. The van der Waals surface area contributed by atoms with Gasteiger partial charge in [-0.1, -0.05) is 0 Å². The lowest BCUT2D eigenvalue weighted by atomic mass is 10.2. The molecule has 0 saturated carbocycles. The molecule has 0 spiro atoms. The van der Waals surface area contributed by atoms with Crippen molar-refractivity contribution >= 4 is 21.8 Å². The monoisotopic (exact) mass is 302 g/mol. The predicted octanol–water partition coefficient (Wildman–Crippen LogP) is 1.69. The number of rotatable bonds is 3. The van der Waals surface area contributed by atoms with Crippen molar-refractivity contribution in [3.8, 4) is 5.75 Å². The van der Waals surface area contributed by atoms with E-state index in [9.17, 15) is 13.2 Å². The molecule has 0 radical (unpaired) electrons. The summed E-state index contributed by atoms with van der Waals surface area (Å²) in [7, 11) is -2.58. The molecule has 1 amide bonds. The molecule has 0 aliphatic carbocycles. The summed E-state index contributed by atoms with van der Waals surface area (Å²) in [5.41, 5.74) is -0.294. The van der Waals surface area contributed by atoms with E-state index in [4.69, 9.17) is 14.6 Å². The van der Waals surface area contributed by atoms with E-state index in [0.29, 0.717) is 5.69 Å². The molecular formula is C12H18N2O5S. The summed E-state index contributed by atoms with van der Waals surface area (Å²) in [6.07, 6.45) is -0.650. The number of nitrogens with one attached hydrogen (secondary N) is 1. The van der Waals surface area contributed by atoms with E-state index in [2.05, 4.69) is 5.32 Å². The number of nitrogens with two attached hydrogens (primary N) is 1. The Hall–Kier alpha value is -1.80. The van der Waals surface area contributed by atoms with Gasteiger partial charge in [0, 0.05) is 11.8 Å². The highest BCUT2D eigenvalue weighted by Gasteiger charge is 2.18. The Balaban J connectivity index is 2.98. The van der Waals surface area contributed by atoms with Crippen molar-refractivity contribution in [2.24, 2.45) is 5.14 Å². The van der Waals surface area contributed by atoms with E-state index in [1.54, 1.807) is 20.8 Å². The average Bonchev–Trinajstić information content (AvgIpc) is 2.24. The number of carbonyl (C=O) groups is 1. The van der Waals surface area contributed by atoms with Crippen molar-refractivity contribution in [2.75, 3.05) is 12.4 Å². The summed E-state index contributed by atoms with van der Waals surface area (Å²) in [4.78, 5) is 11.4. The third-order valence-electron chi connectivity index (χ3n) is 2.12. The molecule has 0 saturated heterocycles. The minimum atomic E-state index is -3.89. The Morgan fingerprint density at radius 3 is 2.35 bits per heavy atom. The summed E-state index contributed by atoms with van der Waals surface area (Å²) in [5, 5.41) is 7.52. The number of anilines is 1. The number of primary sulfonamides is 1. The molecule has 1 rings (SSSR count). The number of hydrogen-bond acceptors (Lipinski definition) is 5. The van der Waals surface area contributed by atoms with Gasteiger partial charge in [-0.2, -0.15) is 0 Å². The molecular weight excluding hydrogens is 284 g/mol. The van der Waals surface area contributed by atoms with Crippen molar-refractivity contribution in [2.45, 2.75) is 31.3 Å². The molecule has 3 N–H and O–H groups in total. The fourth-order valence-electron chi connectivity index (χ4n) is 1.40. The van der Waals surface area contributed by atoms with Gasteiger partial charge in [0.2, 0.25) is 10.0 Å². The zero-order valence-corrected chi connectivity index (χ0v) is 12.6. The summed E-state index contributed by atoms with van der Waals surface area (Å²) in [6, 6.07) is 4.00. The quantitative estimate of drug-likeness (QED) is 0.883. The Morgan fingerprint density at radius 2 is 1.90 bits per heavy atom. The van der Waals surface area contributed by atoms with Crippen molar-refractivity contribution in [1.29, 1.82) is 0 Å². The molecule has 8 heteroatoms. The van der Waals surface area contributed by atoms with Crippen LogP contribution < -0.4 is 15.2 Å². The Morgan fingerprint density at radius 1 is 1.30 bits per heavy atom. The Kier molecular flexibility index (Phi) is 4.61. The van der Waals surface area contributed by atoms with Gasteiger partial charge in [-0.25, -0.2) is 18.4 Å². The normalized spacial score (nSPS) is 11.8. The second-order valence-electron chi connectivity index (χ2n) is 5.04. The highest BCUT2D eigenvalue weighted by molar-refractivity contribution is 7.89. The third-order valence-corrected chi connectivity index (χ3v) is 3.07. The van der Waals surface area contributed by atoms with E-state index in [-0.39, 0.29) is 10.6 Å². The largest absolute Gasteiger partial charge is 0.495 e. The van der Waals surface area contributed by atoms with Gasteiger partial charge in [0.25, 0.3) is 0 Å². The van der Waals surface area contributed by atoms with E-state index < -0.39 is 21.7 Å². The van der Waals surface area contributed by atoms with Crippen LogP contribution in [0.25, 0.3) is 0 Å². The standard InChI is InChI=1S/C12H18N2O5S/c1-12(2,3)19-11(15)14-8-5-6-10(20(13,16)17)9(7-8)18-4/h5-7H,1-4H3,(H,14,15)(H2,13,16,17). The Bertz CT molecular complexity index is 605. The summed E-state index contributed by atoms with van der Waals surface area (Å²) in [5.74, 6) is 0.0426. The van der Waals surface area contributed by atoms with Gasteiger partial charge >= 0.3 is 6.09 Å². The van der Waals surface area contributed by atoms with Crippen LogP contribution in [-0.2, 0) is 14.8 Å². The van der Waals surface area contributed by atoms with Gasteiger partial charge in [-0.05, 0) is 32.9 Å². The number of carbonyl (C=O) groups excluding carboxylic acids is 1. The van der Waals surface area contributed by atoms with Gasteiger partial charge in [0.05, 0.1) is 7.11 Å². The van der Waals surface area contributed by atoms with Crippen LogP contribution in [0, 0.1) is 0 Å². The molecule has 112 valence electrons. The van der Waals surface area contributed by atoms with Gasteiger partial charge in [-0.15, -0.1) is 0 Å². The number of methoxy groups -OCH3 is 1. The van der Waals surface area contributed by atoms with Gasteiger partial charge in [0.1, 0.15) is 16.2 Å². The molecule has 0 bridgehead atoms. The lowest BCUT2D eigenvalue weighted by Crippen LogP contribution is -2.27. The number of amides is 1. The van der Waals surface area contributed by atoms with Crippen LogP contribution in [0.2, 0.25) is 0 Å². The fourth-order valence-corrected chi connectivity index (χ4v) is 2.08. The number of benzene rings is 1. The van der Waals surface area contributed by atoms with E-state index in [0.717, 1.165) is 0 Å². The first-order valence-electron chi connectivity index (χ1n) is 5.74. The Labute approximate surface area is 118 Å². The molecule has 0 unspecified atom stereocenters. The molecule has 1 aromatic rings. The van der Waals surface area contributed by atoms with E-state index in [1.807, 2.05) is 0 Å². The zero-order chi connectivity index (χ0) is 15.6. The van der Waals surface area contributed by atoms with Gasteiger partial charge in [0.15, 0.2) is 0 Å². The fraction of sp³-hybridized carbons (Fsp3) is 0.417. The van der Waals surface area contributed by atoms with Gasteiger partial charge in [-0.3, -0.25) is 5.32 Å². The summed E-state index contributed by atoms with van der Waals surface area (Å²) >= 11 is 0. The lowest BCUT2D eigenvalue weighted by Gasteiger charge is -2.20. The summed E-state index contributed by atoms with van der Waals surface area (Å²) in [6.45, 7) is 5.20. The van der Waals surface area contributed by atoms with Crippen molar-refractivity contribution in [1.82, 2.24) is 0 Å². The van der Waals surface area contributed by atoms with E-state index >= 15 is 0 Å². The summed E-state index contributed by atoms with van der Waals surface area (Å²) < 4.78 is 32.7. The second kappa shape index (κ2) is 5.68. The maximum Gasteiger partial charge on any atom is 0.412 e. The molecule has 20 heavy (non-hydrogen) atoms. The molecule has 0 aromatic heterocycles. The predicted molar refractivity (Wildman–Crippen MR) is 74.2 cm³/mol. The highest BCUT2D eigenvalue weighted by atomic mass is 32.2. The number of ether oxygens (including phenoxy) is 2. The van der Waals surface area contributed by atoms with Crippen LogP contribution in [0.15, 0.2) is 23.1 Å². The van der Waals surface area contributed by atoms with Crippen LogP contribution >= 0.6 is 0 Å². The van der Waals surface area contributed by atoms with Crippen LogP contribution in [0.4, 0.5) is 10.5 Å². The maximum atomic E-state index is 11.6. The number of sulfonamides is 1. The first kappa shape index (κ1) is 16.3. The second-order valence-corrected chi connectivity index (χ2v) is 6.57.